The fourth-order valence-electron chi connectivity index (χ4n) is 1.13. The van der Waals surface area contributed by atoms with Gasteiger partial charge >= 0.3 is 5.97 Å². The molecule has 2 N–H and O–H groups in total. The van der Waals surface area contributed by atoms with E-state index >= 15 is 0 Å². The van der Waals surface area contributed by atoms with Gasteiger partial charge in [0.25, 0.3) is 6.43 Å². The highest BCUT2D eigenvalue weighted by Crippen LogP contribution is 2.31. The molecule has 0 saturated heterocycles. The van der Waals surface area contributed by atoms with Crippen molar-refractivity contribution in [2.24, 2.45) is 0 Å². The normalized spacial score (nSPS) is 10.6. The molecule has 0 bridgehead atoms. The molecule has 1 rings (SSSR count). The number of methoxy groups -OCH3 is 1. The van der Waals surface area contributed by atoms with Crippen LogP contribution < -0.4 is 5.73 Å². The van der Waals surface area contributed by atoms with Crippen molar-refractivity contribution in [1.82, 2.24) is 4.98 Å². The number of pyridine rings is 1. The van der Waals surface area contributed by atoms with E-state index in [1.165, 1.54) is 7.11 Å². The highest BCUT2D eigenvalue weighted by Gasteiger charge is 2.21. The molecule has 0 unspecified atom stereocenters. The van der Waals surface area contributed by atoms with E-state index in [2.05, 4.69) is 25.7 Å². The summed E-state index contributed by atoms with van der Waals surface area (Å²) in [7, 11) is 1.18. The quantitative estimate of drug-likeness (QED) is 0.867. The maximum Gasteiger partial charge on any atom is 0.310 e. The average Bonchev–Trinajstić information content (AvgIpc) is 2.24. The Morgan fingerprint density at radius 2 is 2.31 bits per heavy atom. The van der Waals surface area contributed by atoms with Crippen LogP contribution >= 0.6 is 15.9 Å². The molecule has 4 nitrogen and oxygen atoms in total. The number of carbonyl (C=O) groups is 1. The molecular formula is C9H9BrF2N2O2. The van der Waals surface area contributed by atoms with Crippen LogP contribution in [0, 0.1) is 0 Å². The SMILES string of the molecule is COC(=O)Cc1c(C(F)F)ncc(N)c1Br. The predicted octanol–water partition coefficient (Wildman–Crippen LogP) is 2.08. The summed E-state index contributed by atoms with van der Waals surface area (Å²) in [5.74, 6) is -0.630. The van der Waals surface area contributed by atoms with Crippen LogP contribution in [0.15, 0.2) is 10.7 Å². The number of alkyl halides is 2. The molecule has 0 radical (unpaired) electrons. The molecule has 0 spiro atoms. The van der Waals surface area contributed by atoms with Crippen molar-refractivity contribution in [3.05, 3.63) is 21.9 Å². The minimum absolute atomic E-state index is 0.0573. The third-order valence-electron chi connectivity index (χ3n) is 1.93. The molecular weight excluding hydrogens is 286 g/mol. The van der Waals surface area contributed by atoms with Crippen LogP contribution in [0.3, 0.4) is 0 Å². The van der Waals surface area contributed by atoms with Gasteiger partial charge in [0.2, 0.25) is 0 Å². The van der Waals surface area contributed by atoms with Crippen LogP contribution in [0.25, 0.3) is 0 Å². The molecule has 0 amide bonds. The van der Waals surface area contributed by atoms with E-state index in [9.17, 15) is 13.6 Å². The molecule has 0 saturated carbocycles. The molecule has 1 aromatic heterocycles. The molecule has 0 aliphatic carbocycles. The van der Waals surface area contributed by atoms with Crippen LogP contribution in [0.2, 0.25) is 0 Å². The van der Waals surface area contributed by atoms with Gasteiger partial charge in [-0.2, -0.15) is 0 Å². The molecule has 0 aliphatic heterocycles. The van der Waals surface area contributed by atoms with Gasteiger partial charge in [-0.25, -0.2) is 8.78 Å². The molecule has 0 aliphatic rings. The number of ether oxygens (including phenoxy) is 1. The van der Waals surface area contributed by atoms with Crippen molar-refractivity contribution in [2.75, 3.05) is 12.8 Å². The lowest BCUT2D eigenvalue weighted by Crippen LogP contribution is -2.10. The van der Waals surface area contributed by atoms with E-state index in [1.807, 2.05) is 0 Å². The summed E-state index contributed by atoms with van der Waals surface area (Å²) in [6.07, 6.45) is -1.95. The second kappa shape index (κ2) is 5.20. The number of aromatic nitrogens is 1. The van der Waals surface area contributed by atoms with Gasteiger partial charge < -0.3 is 10.5 Å². The topological polar surface area (TPSA) is 65.2 Å². The first kappa shape index (κ1) is 12.8. The first-order valence-electron chi connectivity index (χ1n) is 4.25. The van der Waals surface area contributed by atoms with Gasteiger partial charge in [-0.1, -0.05) is 0 Å². The van der Waals surface area contributed by atoms with Crippen LogP contribution in [0.1, 0.15) is 17.7 Å². The minimum Gasteiger partial charge on any atom is -0.469 e. The van der Waals surface area contributed by atoms with Crippen LogP contribution in [-0.4, -0.2) is 18.1 Å². The van der Waals surface area contributed by atoms with E-state index in [0.717, 1.165) is 6.20 Å². The van der Waals surface area contributed by atoms with Gasteiger partial charge in [0.05, 0.1) is 25.4 Å². The summed E-state index contributed by atoms with van der Waals surface area (Å²) in [5.41, 5.74) is 5.29. The Hall–Kier alpha value is -1.24. The maximum atomic E-state index is 12.6. The van der Waals surface area contributed by atoms with Crippen molar-refractivity contribution in [3.8, 4) is 0 Å². The number of esters is 1. The zero-order chi connectivity index (χ0) is 12.3. The fraction of sp³-hybridized carbons (Fsp3) is 0.333. The number of anilines is 1. The molecule has 1 heterocycles. The molecule has 0 atom stereocenters. The number of rotatable bonds is 3. The Bertz CT molecular complexity index is 413. The Labute approximate surface area is 98.9 Å². The van der Waals surface area contributed by atoms with E-state index in [-0.39, 0.29) is 22.1 Å². The fourth-order valence-corrected chi connectivity index (χ4v) is 1.58. The lowest BCUT2D eigenvalue weighted by atomic mass is 10.1. The van der Waals surface area contributed by atoms with E-state index in [0.29, 0.717) is 0 Å². The summed E-state index contributed by atoms with van der Waals surface area (Å²) in [5, 5.41) is 0. The molecule has 0 fully saturated rings. The molecule has 7 heteroatoms. The van der Waals surface area contributed by atoms with Crippen molar-refractivity contribution in [2.45, 2.75) is 12.8 Å². The summed E-state index contributed by atoms with van der Waals surface area (Å²) >= 11 is 3.05. The first-order chi connectivity index (χ1) is 7.47. The maximum absolute atomic E-state index is 12.6. The number of hydrogen-bond donors (Lipinski definition) is 1. The standard InChI is InChI=1S/C9H9BrF2N2O2/c1-16-6(15)2-4-7(10)5(13)3-14-8(4)9(11)12/h3,9H,2,13H2,1H3. The monoisotopic (exact) mass is 294 g/mol. The van der Waals surface area contributed by atoms with Crippen molar-refractivity contribution in [3.63, 3.8) is 0 Å². The lowest BCUT2D eigenvalue weighted by Gasteiger charge is -2.10. The van der Waals surface area contributed by atoms with E-state index in [4.69, 9.17) is 5.73 Å². The number of carbonyl (C=O) groups excluding carboxylic acids is 1. The Morgan fingerprint density at radius 1 is 1.69 bits per heavy atom. The van der Waals surface area contributed by atoms with Gasteiger partial charge in [-0.05, 0) is 15.9 Å². The largest absolute Gasteiger partial charge is 0.469 e. The average molecular weight is 295 g/mol. The number of nitrogens with two attached hydrogens (primary N) is 1. The van der Waals surface area contributed by atoms with Crippen molar-refractivity contribution >= 4 is 27.6 Å². The second-order valence-corrected chi connectivity index (χ2v) is 3.74. The molecule has 0 aromatic carbocycles. The smallest absolute Gasteiger partial charge is 0.310 e. The van der Waals surface area contributed by atoms with Crippen LogP contribution in [-0.2, 0) is 16.0 Å². The van der Waals surface area contributed by atoms with Gasteiger partial charge in [0, 0.05) is 10.0 Å². The minimum atomic E-state index is -2.77. The predicted molar refractivity (Wildman–Crippen MR) is 57.0 cm³/mol. The molecule has 16 heavy (non-hydrogen) atoms. The highest BCUT2D eigenvalue weighted by molar-refractivity contribution is 9.10. The third-order valence-corrected chi connectivity index (χ3v) is 2.86. The zero-order valence-corrected chi connectivity index (χ0v) is 9.92. The van der Waals surface area contributed by atoms with Crippen molar-refractivity contribution < 1.29 is 18.3 Å². The van der Waals surface area contributed by atoms with E-state index < -0.39 is 18.1 Å². The number of hydrogen-bond acceptors (Lipinski definition) is 4. The van der Waals surface area contributed by atoms with Gasteiger partial charge in [-0.3, -0.25) is 9.78 Å². The Balaban J connectivity index is 3.20. The Kier molecular flexibility index (Phi) is 4.17. The van der Waals surface area contributed by atoms with Crippen LogP contribution in [0.4, 0.5) is 14.5 Å². The number of halogens is 3. The molecule has 88 valence electrons. The first-order valence-corrected chi connectivity index (χ1v) is 5.04. The van der Waals surface area contributed by atoms with E-state index in [1.54, 1.807) is 0 Å². The summed E-state index contributed by atoms with van der Waals surface area (Å²) in [4.78, 5) is 14.6. The number of nitrogens with zero attached hydrogens (tertiary/aromatic N) is 1. The lowest BCUT2D eigenvalue weighted by molar-refractivity contribution is -0.139. The van der Waals surface area contributed by atoms with Gasteiger partial charge in [0.1, 0.15) is 5.69 Å². The summed E-state index contributed by atoms with van der Waals surface area (Å²) in [6, 6.07) is 0. The van der Waals surface area contributed by atoms with Crippen molar-refractivity contribution in [1.29, 1.82) is 0 Å². The van der Waals surface area contributed by atoms with Gasteiger partial charge in [-0.15, -0.1) is 0 Å². The third kappa shape index (κ3) is 2.66. The number of nitrogen functional groups attached to an aromatic ring is 1. The molecule has 1 aromatic rings. The highest BCUT2D eigenvalue weighted by atomic mass is 79.9. The van der Waals surface area contributed by atoms with Gasteiger partial charge in [0.15, 0.2) is 0 Å². The summed E-state index contributed by atoms with van der Waals surface area (Å²) in [6.45, 7) is 0. The second-order valence-electron chi connectivity index (χ2n) is 2.94. The summed E-state index contributed by atoms with van der Waals surface area (Å²) < 4.78 is 29.9. The Morgan fingerprint density at radius 3 is 2.81 bits per heavy atom. The zero-order valence-electron chi connectivity index (χ0n) is 8.34. The van der Waals surface area contributed by atoms with Crippen LogP contribution in [0.5, 0.6) is 0 Å².